The van der Waals surface area contributed by atoms with E-state index in [1.807, 2.05) is 12.1 Å². The monoisotopic (exact) mass is 352 g/mol. The number of alkyl halides is 2. The number of carbonyl (C=O) groups excluding carboxylic acids is 1. The van der Waals surface area contributed by atoms with Crippen LogP contribution in [0.2, 0.25) is 0 Å². The quantitative estimate of drug-likeness (QED) is 0.338. The molecule has 130 valence electrons. The van der Waals surface area contributed by atoms with Crippen molar-refractivity contribution in [1.29, 1.82) is 0 Å². The average Bonchev–Trinajstić information content (AvgIpc) is 2.61. The predicted octanol–water partition coefficient (Wildman–Crippen LogP) is 5.42. The Morgan fingerprint density at radius 1 is 1.19 bits per heavy atom. The molecule has 0 atom stereocenters. The van der Waals surface area contributed by atoms with Crippen molar-refractivity contribution in [2.75, 3.05) is 0 Å². The lowest BCUT2D eigenvalue weighted by Gasteiger charge is -2.16. The van der Waals surface area contributed by atoms with Crippen molar-refractivity contribution in [3.8, 4) is 17.0 Å². The van der Waals surface area contributed by atoms with Crippen LogP contribution < -0.4 is 4.74 Å². The van der Waals surface area contributed by atoms with E-state index in [0.717, 1.165) is 11.5 Å². The fourth-order valence-electron chi connectivity index (χ4n) is 2.53. The van der Waals surface area contributed by atoms with Crippen LogP contribution in [-0.4, -0.2) is 17.2 Å². The minimum Gasteiger partial charge on any atom is -0.432 e. The zero-order valence-electron chi connectivity index (χ0n) is 13.7. The number of rotatable bonds is 6. The predicted molar refractivity (Wildman–Crippen MR) is 95.3 cm³/mol. The molecule has 0 aliphatic rings. The third kappa shape index (κ3) is 3.82. The molecule has 4 nitrogen and oxygen atoms in total. The highest BCUT2D eigenvalue weighted by Gasteiger charge is 2.29. The highest BCUT2D eigenvalue weighted by atomic mass is 19.3. The summed E-state index contributed by atoms with van der Waals surface area (Å²) < 4.78 is 32.0. The molecule has 0 fully saturated rings. The second kappa shape index (κ2) is 7.25. The van der Waals surface area contributed by atoms with Crippen LogP contribution in [-0.2, 0) is 4.79 Å². The minimum atomic E-state index is -3.33. The summed E-state index contributed by atoms with van der Waals surface area (Å²) in [6.45, 7) is 3.30. The SMILES string of the molecule is C=CCC(F)(F)Oc1cccc(-c2ccc3cccc(N=C=O)c3n2)c1. The maximum atomic E-state index is 13.6. The molecule has 1 aromatic heterocycles. The van der Waals surface area contributed by atoms with E-state index in [4.69, 9.17) is 4.74 Å². The molecule has 1 heterocycles. The second-order valence-corrected chi connectivity index (χ2v) is 5.51. The second-order valence-electron chi connectivity index (χ2n) is 5.51. The van der Waals surface area contributed by atoms with E-state index in [0.29, 0.717) is 22.5 Å². The summed E-state index contributed by atoms with van der Waals surface area (Å²) in [5.41, 5.74) is 2.06. The van der Waals surface area contributed by atoms with Crippen LogP contribution in [0.1, 0.15) is 6.42 Å². The first-order chi connectivity index (χ1) is 12.5. The van der Waals surface area contributed by atoms with Gasteiger partial charge in [0.25, 0.3) is 0 Å². The maximum absolute atomic E-state index is 13.6. The van der Waals surface area contributed by atoms with Gasteiger partial charge in [0.1, 0.15) is 11.4 Å². The summed E-state index contributed by atoms with van der Waals surface area (Å²) in [5, 5.41) is 0.801. The Morgan fingerprint density at radius 3 is 2.77 bits per heavy atom. The van der Waals surface area contributed by atoms with Gasteiger partial charge in [-0.1, -0.05) is 36.4 Å². The van der Waals surface area contributed by atoms with Crippen molar-refractivity contribution in [2.45, 2.75) is 12.5 Å². The molecule has 0 saturated carbocycles. The number of benzene rings is 2. The first-order valence-electron chi connectivity index (χ1n) is 7.78. The molecule has 6 heteroatoms. The number of pyridine rings is 1. The Balaban J connectivity index is 2.01. The highest BCUT2D eigenvalue weighted by Crippen LogP contribution is 2.31. The van der Waals surface area contributed by atoms with Crippen LogP contribution >= 0.6 is 0 Å². The molecule has 2 aromatic carbocycles. The Labute approximate surface area is 148 Å². The molecule has 26 heavy (non-hydrogen) atoms. The highest BCUT2D eigenvalue weighted by molar-refractivity contribution is 5.91. The number of hydrogen-bond acceptors (Lipinski definition) is 4. The third-order valence-corrected chi connectivity index (χ3v) is 3.64. The number of ether oxygens (including phenoxy) is 1. The number of isocyanates is 1. The molecule has 0 saturated heterocycles. The third-order valence-electron chi connectivity index (χ3n) is 3.64. The number of nitrogens with zero attached hydrogens (tertiary/aromatic N) is 2. The smallest absolute Gasteiger partial charge is 0.401 e. The Kier molecular flexibility index (Phi) is 4.87. The number of aromatic nitrogens is 1. The van der Waals surface area contributed by atoms with E-state index < -0.39 is 12.5 Å². The summed E-state index contributed by atoms with van der Waals surface area (Å²) in [6, 6.07) is 15.1. The average molecular weight is 352 g/mol. The van der Waals surface area contributed by atoms with Gasteiger partial charge >= 0.3 is 6.11 Å². The molecule has 0 N–H and O–H groups in total. The van der Waals surface area contributed by atoms with Gasteiger partial charge in [0.2, 0.25) is 6.08 Å². The van der Waals surface area contributed by atoms with Crippen molar-refractivity contribution < 1.29 is 18.3 Å². The number of aliphatic imine (C=N–C) groups is 1. The van der Waals surface area contributed by atoms with Gasteiger partial charge in [-0.15, -0.1) is 6.58 Å². The van der Waals surface area contributed by atoms with Crippen LogP contribution in [0.3, 0.4) is 0 Å². The van der Waals surface area contributed by atoms with Crippen LogP contribution in [0.15, 0.2) is 72.2 Å². The molecular weight excluding hydrogens is 338 g/mol. The van der Waals surface area contributed by atoms with E-state index in [1.165, 1.54) is 18.2 Å². The standard InChI is InChI=1S/C20H14F2N2O2/c1-2-11-20(21,22)26-16-7-3-6-15(12-16)17-10-9-14-5-4-8-18(23-13-25)19(14)24-17/h2-10,12H,1,11H2. The molecule has 0 radical (unpaired) electrons. The van der Waals surface area contributed by atoms with Crippen molar-refractivity contribution >= 4 is 22.7 Å². The molecule has 0 spiro atoms. The van der Waals surface area contributed by atoms with E-state index in [-0.39, 0.29) is 5.75 Å². The molecule has 0 aliphatic heterocycles. The van der Waals surface area contributed by atoms with Crippen LogP contribution in [0.25, 0.3) is 22.2 Å². The molecule has 0 aliphatic carbocycles. The van der Waals surface area contributed by atoms with Gasteiger partial charge in [0.05, 0.1) is 17.6 Å². The van der Waals surface area contributed by atoms with Gasteiger partial charge in [0.15, 0.2) is 0 Å². The normalized spacial score (nSPS) is 11.0. The van der Waals surface area contributed by atoms with Gasteiger partial charge < -0.3 is 4.74 Å². The van der Waals surface area contributed by atoms with Crippen molar-refractivity contribution in [2.24, 2.45) is 4.99 Å². The molecule has 0 unspecified atom stereocenters. The van der Waals surface area contributed by atoms with E-state index >= 15 is 0 Å². The Hall–Kier alpha value is -3.37. The molecular formula is C20H14F2N2O2. The summed E-state index contributed by atoms with van der Waals surface area (Å²) in [4.78, 5) is 18.8. The summed E-state index contributed by atoms with van der Waals surface area (Å²) in [6.07, 6.45) is -1.31. The number of fused-ring (bicyclic) bond motifs is 1. The molecule has 3 rings (SSSR count). The van der Waals surface area contributed by atoms with Crippen LogP contribution in [0, 0.1) is 0 Å². The van der Waals surface area contributed by atoms with Gasteiger partial charge in [0, 0.05) is 10.9 Å². The lowest BCUT2D eigenvalue weighted by atomic mass is 10.1. The lowest BCUT2D eigenvalue weighted by molar-refractivity contribution is -0.172. The van der Waals surface area contributed by atoms with Crippen molar-refractivity contribution in [3.05, 3.63) is 67.3 Å². The number of halogens is 2. The molecule has 3 aromatic rings. The maximum Gasteiger partial charge on any atom is 0.401 e. The fraction of sp³-hybridized carbons (Fsp3) is 0.100. The molecule has 0 amide bonds. The van der Waals surface area contributed by atoms with Gasteiger partial charge in [-0.05, 0) is 24.3 Å². The zero-order chi connectivity index (χ0) is 18.6. The van der Waals surface area contributed by atoms with Gasteiger partial charge in [-0.3, -0.25) is 0 Å². The topological polar surface area (TPSA) is 51.5 Å². The first-order valence-corrected chi connectivity index (χ1v) is 7.78. The van der Waals surface area contributed by atoms with E-state index in [2.05, 4.69) is 16.6 Å². The van der Waals surface area contributed by atoms with Gasteiger partial charge in [-0.25, -0.2) is 9.78 Å². The minimum absolute atomic E-state index is 0.0236. The lowest BCUT2D eigenvalue weighted by Crippen LogP contribution is -2.23. The van der Waals surface area contributed by atoms with Crippen LogP contribution in [0.5, 0.6) is 5.75 Å². The summed E-state index contributed by atoms with van der Waals surface area (Å²) >= 11 is 0. The van der Waals surface area contributed by atoms with Crippen molar-refractivity contribution in [3.63, 3.8) is 0 Å². The Bertz CT molecular complexity index is 1010. The number of hydrogen-bond donors (Lipinski definition) is 0. The van der Waals surface area contributed by atoms with Crippen LogP contribution in [0.4, 0.5) is 14.5 Å². The first kappa shape index (κ1) is 17.5. The summed E-state index contributed by atoms with van der Waals surface area (Å²) in [7, 11) is 0. The zero-order valence-corrected chi connectivity index (χ0v) is 13.7. The largest absolute Gasteiger partial charge is 0.432 e. The van der Waals surface area contributed by atoms with E-state index in [9.17, 15) is 13.6 Å². The van der Waals surface area contributed by atoms with E-state index in [1.54, 1.807) is 30.3 Å². The van der Waals surface area contributed by atoms with Crippen molar-refractivity contribution in [1.82, 2.24) is 4.98 Å². The Morgan fingerprint density at radius 2 is 2.00 bits per heavy atom. The number of para-hydroxylation sites is 1. The fourth-order valence-corrected chi connectivity index (χ4v) is 2.53. The van der Waals surface area contributed by atoms with Gasteiger partial charge in [-0.2, -0.15) is 13.8 Å². The molecule has 0 bridgehead atoms. The summed E-state index contributed by atoms with van der Waals surface area (Å²) in [5.74, 6) is 0.0236.